The van der Waals surface area contributed by atoms with Crippen LogP contribution in [0.15, 0.2) is 49.1 Å². The Labute approximate surface area is 208 Å². The zero-order valence-electron chi connectivity index (χ0n) is 20.2. The fraction of sp³-hybridized carbons (Fsp3) is 0.292. The molecule has 3 heterocycles. The van der Waals surface area contributed by atoms with Gasteiger partial charge in [0, 0.05) is 29.6 Å². The number of hydrogen-bond donors (Lipinski definition) is 1. The van der Waals surface area contributed by atoms with Gasteiger partial charge in [-0.3, -0.25) is 19.3 Å². The maximum Gasteiger partial charge on any atom is 0.239 e. The van der Waals surface area contributed by atoms with Gasteiger partial charge in [0.1, 0.15) is 17.2 Å². The number of aromatic nitrogens is 6. The van der Waals surface area contributed by atoms with Gasteiger partial charge in [-0.2, -0.15) is 0 Å². The van der Waals surface area contributed by atoms with E-state index < -0.39 is 0 Å². The monoisotopic (exact) mass is 493 g/mol. The Morgan fingerprint density at radius 3 is 2.37 bits per heavy atom. The van der Waals surface area contributed by atoms with Crippen LogP contribution in [0.25, 0.3) is 17.1 Å². The first kappa shape index (κ1) is 24.3. The lowest BCUT2D eigenvalue weighted by Gasteiger charge is -2.18. The van der Waals surface area contributed by atoms with E-state index in [4.69, 9.17) is 14.2 Å². The first-order chi connectivity index (χ1) is 17.0. The summed E-state index contributed by atoms with van der Waals surface area (Å²) < 4.78 is 21.7. The summed E-state index contributed by atoms with van der Waals surface area (Å²) >= 11 is 1.51. The Morgan fingerprint density at radius 1 is 0.971 bits per heavy atom. The predicted molar refractivity (Wildman–Crippen MR) is 135 cm³/mol. The number of pyridine rings is 1. The van der Waals surface area contributed by atoms with Crippen LogP contribution in [-0.2, 0) is 6.42 Å². The Kier molecular flexibility index (Phi) is 7.66. The number of anilines is 1. The van der Waals surface area contributed by atoms with E-state index in [0.29, 0.717) is 41.3 Å². The standard InChI is InChI=1S/C24H27N7O3S/c1-15-9-17(12-25-11-15)23-28-29-24(31(23)22-19(32-3)7-6-8-20(22)33-4)30-35-16(2)10-18-13-27-21(34-5)14-26-18/h6-9,11-14,16H,10H2,1-5H3,(H,29,30). The van der Waals surface area contributed by atoms with Gasteiger partial charge in [0.15, 0.2) is 5.82 Å². The topological polar surface area (TPSA) is 109 Å². The second-order valence-electron chi connectivity index (χ2n) is 7.73. The summed E-state index contributed by atoms with van der Waals surface area (Å²) in [5.74, 6) is 2.88. The minimum absolute atomic E-state index is 0.159. The summed E-state index contributed by atoms with van der Waals surface area (Å²) in [5, 5.41) is 9.09. The smallest absolute Gasteiger partial charge is 0.239 e. The number of ether oxygens (including phenoxy) is 3. The quantitative estimate of drug-likeness (QED) is 0.324. The van der Waals surface area contributed by atoms with E-state index in [0.717, 1.165) is 16.8 Å². The highest BCUT2D eigenvalue weighted by Crippen LogP contribution is 2.38. The summed E-state index contributed by atoms with van der Waals surface area (Å²) in [6.45, 7) is 4.08. The van der Waals surface area contributed by atoms with Crippen LogP contribution < -0.4 is 18.9 Å². The molecule has 1 aromatic carbocycles. The maximum atomic E-state index is 5.67. The van der Waals surface area contributed by atoms with E-state index >= 15 is 0 Å². The Morgan fingerprint density at radius 2 is 1.74 bits per heavy atom. The summed E-state index contributed by atoms with van der Waals surface area (Å²) in [6, 6.07) is 7.63. The summed E-state index contributed by atoms with van der Waals surface area (Å²) in [7, 11) is 4.81. The molecular weight excluding hydrogens is 466 g/mol. The number of para-hydroxylation sites is 1. The van der Waals surface area contributed by atoms with Crippen molar-refractivity contribution in [2.45, 2.75) is 25.5 Å². The van der Waals surface area contributed by atoms with Crippen molar-refractivity contribution in [1.29, 1.82) is 0 Å². The third-order valence-electron chi connectivity index (χ3n) is 5.16. The lowest BCUT2D eigenvalue weighted by Crippen LogP contribution is -2.10. The first-order valence-electron chi connectivity index (χ1n) is 10.9. The van der Waals surface area contributed by atoms with E-state index in [1.54, 1.807) is 46.1 Å². The van der Waals surface area contributed by atoms with Crippen LogP contribution in [0.3, 0.4) is 0 Å². The number of nitrogens with one attached hydrogen (secondary N) is 1. The number of hydrogen-bond acceptors (Lipinski definition) is 10. The third kappa shape index (κ3) is 5.46. The molecule has 0 fully saturated rings. The lowest BCUT2D eigenvalue weighted by molar-refractivity contribution is 0.391. The highest BCUT2D eigenvalue weighted by Gasteiger charge is 2.23. The van der Waals surface area contributed by atoms with Crippen molar-refractivity contribution in [3.63, 3.8) is 0 Å². The third-order valence-corrected chi connectivity index (χ3v) is 6.03. The van der Waals surface area contributed by atoms with Crippen molar-refractivity contribution in [2.75, 3.05) is 26.1 Å². The molecule has 0 saturated carbocycles. The van der Waals surface area contributed by atoms with Crippen LogP contribution in [0.2, 0.25) is 0 Å². The van der Waals surface area contributed by atoms with Crippen molar-refractivity contribution in [2.24, 2.45) is 0 Å². The average molecular weight is 494 g/mol. The molecule has 182 valence electrons. The highest BCUT2D eigenvalue weighted by atomic mass is 32.2. The molecule has 35 heavy (non-hydrogen) atoms. The molecule has 0 bridgehead atoms. The normalized spacial score (nSPS) is 11.7. The van der Waals surface area contributed by atoms with Crippen LogP contribution in [0.4, 0.5) is 5.95 Å². The molecule has 3 aromatic heterocycles. The van der Waals surface area contributed by atoms with Gasteiger partial charge >= 0.3 is 0 Å². The van der Waals surface area contributed by atoms with Gasteiger partial charge < -0.3 is 14.2 Å². The van der Waals surface area contributed by atoms with Crippen LogP contribution >= 0.6 is 11.9 Å². The molecule has 4 rings (SSSR count). The van der Waals surface area contributed by atoms with Gasteiger partial charge in [-0.1, -0.05) is 13.0 Å². The lowest BCUT2D eigenvalue weighted by atomic mass is 10.2. The fourth-order valence-electron chi connectivity index (χ4n) is 3.52. The van der Waals surface area contributed by atoms with E-state index in [-0.39, 0.29) is 5.25 Å². The van der Waals surface area contributed by atoms with E-state index in [2.05, 4.69) is 36.8 Å². The van der Waals surface area contributed by atoms with Crippen LogP contribution in [0.1, 0.15) is 18.2 Å². The molecule has 10 nitrogen and oxygen atoms in total. The predicted octanol–water partition coefficient (Wildman–Crippen LogP) is 4.14. The molecule has 1 N–H and O–H groups in total. The molecule has 0 aliphatic rings. The van der Waals surface area contributed by atoms with E-state index in [1.165, 1.54) is 11.9 Å². The molecule has 0 spiro atoms. The molecule has 0 aliphatic carbocycles. The van der Waals surface area contributed by atoms with Crippen molar-refractivity contribution in [3.8, 4) is 34.5 Å². The Bertz CT molecular complexity index is 1260. The first-order valence-corrected chi connectivity index (χ1v) is 11.8. The van der Waals surface area contributed by atoms with E-state index in [9.17, 15) is 0 Å². The van der Waals surface area contributed by atoms with Crippen LogP contribution in [0.5, 0.6) is 17.4 Å². The minimum atomic E-state index is 0.159. The molecular formula is C24H27N7O3S. The van der Waals surface area contributed by atoms with Crippen LogP contribution in [-0.4, -0.2) is 56.3 Å². The molecule has 0 saturated heterocycles. The number of nitrogens with zero attached hydrogens (tertiary/aromatic N) is 6. The number of rotatable bonds is 10. The number of methoxy groups -OCH3 is 3. The largest absolute Gasteiger partial charge is 0.494 e. The summed E-state index contributed by atoms with van der Waals surface area (Å²) in [6.07, 6.45) is 7.60. The van der Waals surface area contributed by atoms with Gasteiger partial charge in [0.05, 0.1) is 39.4 Å². The van der Waals surface area contributed by atoms with Gasteiger partial charge in [-0.05, 0) is 42.6 Å². The van der Waals surface area contributed by atoms with Gasteiger partial charge in [0.2, 0.25) is 11.8 Å². The highest BCUT2D eigenvalue weighted by molar-refractivity contribution is 8.01. The second-order valence-corrected chi connectivity index (χ2v) is 8.97. The SMILES string of the molecule is COc1cnc(CC(C)SNc2nnc(-c3cncc(C)c3)n2-c2c(OC)cccc2OC)cn1. The van der Waals surface area contributed by atoms with Crippen molar-refractivity contribution < 1.29 is 14.2 Å². The number of benzene rings is 1. The van der Waals surface area contributed by atoms with Gasteiger partial charge in [-0.15, -0.1) is 10.2 Å². The van der Waals surface area contributed by atoms with Gasteiger partial charge in [0.25, 0.3) is 0 Å². The summed E-state index contributed by atoms with van der Waals surface area (Å²) in [5.41, 5.74) is 3.40. The maximum absolute atomic E-state index is 5.67. The number of aryl methyl sites for hydroxylation is 1. The van der Waals surface area contributed by atoms with Crippen molar-refractivity contribution in [1.82, 2.24) is 29.7 Å². The molecule has 4 aromatic rings. The zero-order chi connectivity index (χ0) is 24.8. The molecule has 1 atom stereocenters. The second kappa shape index (κ2) is 11.0. The average Bonchev–Trinajstić information content (AvgIpc) is 3.30. The molecule has 11 heteroatoms. The van der Waals surface area contributed by atoms with Crippen molar-refractivity contribution in [3.05, 3.63) is 60.3 Å². The molecule has 1 unspecified atom stereocenters. The minimum Gasteiger partial charge on any atom is -0.494 e. The molecule has 0 radical (unpaired) electrons. The molecule has 0 amide bonds. The molecule has 0 aliphatic heterocycles. The van der Waals surface area contributed by atoms with E-state index in [1.807, 2.05) is 35.8 Å². The fourth-order valence-corrected chi connectivity index (χ4v) is 4.21. The summed E-state index contributed by atoms with van der Waals surface area (Å²) in [4.78, 5) is 13.0. The Balaban J connectivity index is 1.67. The van der Waals surface area contributed by atoms with Crippen LogP contribution in [0, 0.1) is 6.92 Å². The zero-order valence-corrected chi connectivity index (χ0v) is 21.0. The Hall–Kier alpha value is -3.86. The van der Waals surface area contributed by atoms with Gasteiger partial charge in [-0.25, -0.2) is 4.98 Å². The van der Waals surface area contributed by atoms with Crippen molar-refractivity contribution >= 4 is 17.9 Å².